The lowest BCUT2D eigenvalue weighted by atomic mass is 10.3. The second-order valence-electron chi connectivity index (χ2n) is 4.21. The van der Waals surface area contributed by atoms with Crippen LogP contribution in [0.2, 0.25) is 0 Å². The van der Waals surface area contributed by atoms with Crippen LogP contribution in [0, 0.1) is 0 Å². The minimum absolute atomic E-state index is 0.164. The summed E-state index contributed by atoms with van der Waals surface area (Å²) in [7, 11) is 0. The molecular formula is C13H23N5O. The third-order valence-corrected chi connectivity index (χ3v) is 2.71. The second kappa shape index (κ2) is 9.43. The van der Waals surface area contributed by atoms with Crippen LogP contribution < -0.4 is 16.8 Å². The van der Waals surface area contributed by atoms with Crippen LogP contribution in [0.1, 0.15) is 5.69 Å². The molecule has 106 valence electrons. The molecule has 6 heteroatoms. The molecule has 0 radical (unpaired) electrons. The van der Waals surface area contributed by atoms with Gasteiger partial charge in [0.2, 0.25) is 5.91 Å². The van der Waals surface area contributed by atoms with E-state index in [4.69, 9.17) is 11.5 Å². The van der Waals surface area contributed by atoms with E-state index in [1.165, 1.54) is 0 Å². The van der Waals surface area contributed by atoms with Crippen molar-refractivity contribution >= 4 is 5.91 Å². The Bertz CT molecular complexity index is 355. The summed E-state index contributed by atoms with van der Waals surface area (Å²) < 4.78 is 0. The summed E-state index contributed by atoms with van der Waals surface area (Å²) in [4.78, 5) is 16.9. The Morgan fingerprint density at radius 2 is 2.16 bits per heavy atom. The Hall–Kier alpha value is -1.50. The predicted molar refractivity (Wildman–Crippen MR) is 75.5 cm³/mol. The first-order chi connectivity index (χ1) is 9.27. The van der Waals surface area contributed by atoms with E-state index in [9.17, 15) is 4.79 Å². The maximum absolute atomic E-state index is 11.0. The lowest BCUT2D eigenvalue weighted by Crippen LogP contribution is -2.49. The number of hydrogen-bond donors (Lipinski definition) is 3. The standard InChI is InChI=1S/C7H10N2.C6H13N3O/c8-5-4-7-3-1-2-6-9-7;7-1-3-9-4-2-8-5-6(9)10/h1-3,6H,4-5,8H2;8H,1-5,7H2. The monoisotopic (exact) mass is 265 g/mol. The minimum Gasteiger partial charge on any atom is -0.339 e. The van der Waals surface area contributed by atoms with E-state index in [0.29, 0.717) is 26.2 Å². The number of carbonyl (C=O) groups is 1. The first-order valence-corrected chi connectivity index (χ1v) is 6.56. The molecule has 1 aromatic heterocycles. The highest BCUT2D eigenvalue weighted by Crippen LogP contribution is 1.92. The van der Waals surface area contributed by atoms with E-state index in [1.54, 1.807) is 11.1 Å². The molecule has 5 N–H and O–H groups in total. The van der Waals surface area contributed by atoms with Crippen LogP contribution in [0.4, 0.5) is 0 Å². The highest BCUT2D eigenvalue weighted by atomic mass is 16.2. The molecule has 19 heavy (non-hydrogen) atoms. The quantitative estimate of drug-likeness (QED) is 0.646. The Morgan fingerprint density at radius 1 is 1.32 bits per heavy atom. The molecule has 0 unspecified atom stereocenters. The van der Waals surface area contributed by atoms with Crippen molar-refractivity contribution in [3.8, 4) is 0 Å². The van der Waals surface area contributed by atoms with E-state index in [1.807, 2.05) is 18.2 Å². The van der Waals surface area contributed by atoms with Crippen molar-refractivity contribution in [3.05, 3.63) is 30.1 Å². The van der Waals surface area contributed by atoms with Crippen LogP contribution in [-0.2, 0) is 11.2 Å². The molecule has 1 fully saturated rings. The Labute approximate surface area is 114 Å². The molecule has 0 atom stereocenters. The summed E-state index contributed by atoms with van der Waals surface area (Å²) in [6.45, 7) is 4.10. The SMILES string of the molecule is NCCN1CCNCC1=O.NCCc1ccccn1. The molecule has 1 amide bonds. The summed E-state index contributed by atoms with van der Waals surface area (Å²) in [6, 6.07) is 5.85. The van der Waals surface area contributed by atoms with Crippen LogP contribution >= 0.6 is 0 Å². The number of piperazine rings is 1. The number of carbonyl (C=O) groups excluding carboxylic acids is 1. The van der Waals surface area contributed by atoms with Crippen LogP contribution in [0.5, 0.6) is 0 Å². The predicted octanol–water partition coefficient (Wildman–Crippen LogP) is -1.04. The highest BCUT2D eigenvalue weighted by Gasteiger charge is 2.15. The van der Waals surface area contributed by atoms with Gasteiger partial charge >= 0.3 is 0 Å². The molecule has 1 saturated heterocycles. The normalized spacial score (nSPS) is 14.8. The highest BCUT2D eigenvalue weighted by molar-refractivity contribution is 5.78. The molecule has 0 aromatic carbocycles. The fourth-order valence-electron chi connectivity index (χ4n) is 1.73. The van der Waals surface area contributed by atoms with Crippen LogP contribution in [0.15, 0.2) is 24.4 Å². The Balaban J connectivity index is 0.000000191. The first kappa shape index (κ1) is 15.6. The fraction of sp³-hybridized carbons (Fsp3) is 0.538. The van der Waals surface area contributed by atoms with Gasteiger partial charge in [0.15, 0.2) is 0 Å². The summed E-state index contributed by atoms with van der Waals surface area (Å²) in [5.41, 5.74) is 11.7. The molecule has 0 spiro atoms. The van der Waals surface area contributed by atoms with E-state index < -0.39 is 0 Å². The summed E-state index contributed by atoms with van der Waals surface area (Å²) >= 11 is 0. The number of hydrogen-bond acceptors (Lipinski definition) is 5. The average Bonchev–Trinajstić information content (AvgIpc) is 2.44. The molecule has 0 saturated carbocycles. The molecular weight excluding hydrogens is 242 g/mol. The van der Waals surface area contributed by atoms with Crippen molar-refractivity contribution in [2.75, 3.05) is 39.3 Å². The van der Waals surface area contributed by atoms with Gasteiger partial charge in [-0.15, -0.1) is 0 Å². The molecule has 1 aliphatic rings. The molecule has 2 rings (SSSR count). The number of nitrogens with two attached hydrogens (primary N) is 2. The maximum Gasteiger partial charge on any atom is 0.236 e. The second-order valence-corrected chi connectivity index (χ2v) is 4.21. The van der Waals surface area contributed by atoms with Gasteiger partial charge in [0.25, 0.3) is 0 Å². The third kappa shape index (κ3) is 6.28. The Kier molecular flexibility index (Phi) is 7.72. The lowest BCUT2D eigenvalue weighted by Gasteiger charge is -2.26. The van der Waals surface area contributed by atoms with Crippen molar-refractivity contribution in [1.29, 1.82) is 0 Å². The molecule has 1 aliphatic heterocycles. The summed E-state index contributed by atoms with van der Waals surface area (Å²) in [6.07, 6.45) is 2.66. The van der Waals surface area contributed by atoms with Crippen LogP contribution in [-0.4, -0.2) is 55.1 Å². The van der Waals surface area contributed by atoms with Gasteiger partial charge in [-0.05, 0) is 18.7 Å². The van der Waals surface area contributed by atoms with Crippen LogP contribution in [0.3, 0.4) is 0 Å². The zero-order valence-electron chi connectivity index (χ0n) is 11.2. The van der Waals surface area contributed by atoms with Crippen LogP contribution in [0.25, 0.3) is 0 Å². The average molecular weight is 265 g/mol. The van der Waals surface area contributed by atoms with Gasteiger partial charge in [0.1, 0.15) is 0 Å². The summed E-state index contributed by atoms with van der Waals surface area (Å²) in [5.74, 6) is 0.164. The van der Waals surface area contributed by atoms with Crippen molar-refractivity contribution in [2.24, 2.45) is 11.5 Å². The Morgan fingerprint density at radius 3 is 2.74 bits per heavy atom. The van der Waals surface area contributed by atoms with Gasteiger partial charge in [-0.2, -0.15) is 0 Å². The number of aromatic nitrogens is 1. The van der Waals surface area contributed by atoms with Gasteiger partial charge in [-0.25, -0.2) is 0 Å². The van der Waals surface area contributed by atoms with Crippen molar-refractivity contribution in [1.82, 2.24) is 15.2 Å². The van der Waals surface area contributed by atoms with Crippen molar-refractivity contribution in [2.45, 2.75) is 6.42 Å². The van der Waals surface area contributed by atoms with E-state index >= 15 is 0 Å². The molecule has 2 heterocycles. The van der Waals surface area contributed by atoms with Gasteiger partial charge in [-0.3, -0.25) is 9.78 Å². The van der Waals surface area contributed by atoms with E-state index in [2.05, 4.69) is 10.3 Å². The largest absolute Gasteiger partial charge is 0.339 e. The smallest absolute Gasteiger partial charge is 0.236 e. The summed E-state index contributed by atoms with van der Waals surface area (Å²) in [5, 5.41) is 2.99. The van der Waals surface area contributed by atoms with E-state index in [-0.39, 0.29) is 5.91 Å². The number of nitrogens with zero attached hydrogens (tertiary/aromatic N) is 2. The molecule has 6 nitrogen and oxygen atoms in total. The zero-order chi connectivity index (χ0) is 13.9. The molecule has 0 bridgehead atoms. The van der Waals surface area contributed by atoms with Gasteiger partial charge in [-0.1, -0.05) is 6.07 Å². The van der Waals surface area contributed by atoms with Gasteiger partial charge in [0, 0.05) is 44.5 Å². The van der Waals surface area contributed by atoms with E-state index in [0.717, 1.165) is 25.2 Å². The fourth-order valence-corrected chi connectivity index (χ4v) is 1.73. The first-order valence-electron chi connectivity index (χ1n) is 6.56. The van der Waals surface area contributed by atoms with Gasteiger partial charge in [0.05, 0.1) is 6.54 Å². The minimum atomic E-state index is 0.164. The van der Waals surface area contributed by atoms with Gasteiger partial charge < -0.3 is 21.7 Å². The molecule has 0 aliphatic carbocycles. The number of pyridine rings is 1. The number of nitrogens with one attached hydrogen (secondary N) is 1. The van der Waals surface area contributed by atoms with Crippen molar-refractivity contribution < 1.29 is 4.79 Å². The number of rotatable bonds is 4. The topological polar surface area (TPSA) is 97.3 Å². The third-order valence-electron chi connectivity index (χ3n) is 2.71. The number of amides is 1. The van der Waals surface area contributed by atoms with Crippen molar-refractivity contribution in [3.63, 3.8) is 0 Å². The zero-order valence-corrected chi connectivity index (χ0v) is 11.2. The lowest BCUT2D eigenvalue weighted by molar-refractivity contribution is -0.131. The maximum atomic E-state index is 11.0. The molecule has 1 aromatic rings.